The third-order valence-corrected chi connectivity index (χ3v) is 1.73. The van der Waals surface area contributed by atoms with E-state index in [0.717, 1.165) is 10.9 Å². The average Bonchev–Trinajstić information content (AvgIpc) is 2.53. The SMILES string of the molecule is O=BOc1cccc2[nH]ccc12. The zero-order valence-electron chi connectivity index (χ0n) is 6.28. The van der Waals surface area contributed by atoms with Gasteiger partial charge in [0, 0.05) is 0 Å². The Morgan fingerprint density at radius 1 is 1.33 bits per heavy atom. The van der Waals surface area contributed by atoms with Gasteiger partial charge < -0.3 is 0 Å². The van der Waals surface area contributed by atoms with E-state index in [1.807, 2.05) is 24.4 Å². The number of aromatic amines is 1. The zero-order valence-corrected chi connectivity index (χ0v) is 6.28. The molecule has 0 radical (unpaired) electrons. The number of H-pyrrole nitrogens is 1. The summed E-state index contributed by atoms with van der Waals surface area (Å²) in [5.74, 6) is 0.587. The van der Waals surface area contributed by atoms with Crippen LogP contribution in [0.25, 0.3) is 10.9 Å². The monoisotopic (exact) mass is 159 g/mol. The summed E-state index contributed by atoms with van der Waals surface area (Å²) >= 11 is 0. The molecule has 0 spiro atoms. The van der Waals surface area contributed by atoms with Gasteiger partial charge in [0.15, 0.2) is 0 Å². The Labute approximate surface area is 69.6 Å². The molecule has 0 fully saturated rings. The Bertz CT molecular complexity index is 410. The first kappa shape index (κ1) is 7.09. The van der Waals surface area contributed by atoms with Gasteiger partial charge in [-0.2, -0.15) is 0 Å². The molecule has 58 valence electrons. The number of rotatable bonds is 2. The van der Waals surface area contributed by atoms with Crippen molar-refractivity contribution in [2.75, 3.05) is 0 Å². The van der Waals surface area contributed by atoms with Crippen molar-refractivity contribution in [2.24, 2.45) is 0 Å². The predicted octanol–water partition coefficient (Wildman–Crippen LogP) is 1.51. The molecule has 2 aromatic rings. The van der Waals surface area contributed by atoms with Crippen molar-refractivity contribution in [3.05, 3.63) is 30.5 Å². The van der Waals surface area contributed by atoms with Crippen molar-refractivity contribution in [2.45, 2.75) is 0 Å². The summed E-state index contributed by atoms with van der Waals surface area (Å²) in [7, 11) is 0.432. The van der Waals surface area contributed by atoms with Crippen molar-refractivity contribution < 1.29 is 9.36 Å². The Kier molecular flexibility index (Phi) is 1.66. The normalized spacial score (nSPS) is 9.67. The first-order chi connectivity index (χ1) is 5.92. The molecule has 0 saturated heterocycles. The summed E-state index contributed by atoms with van der Waals surface area (Å²) < 4.78 is 14.9. The van der Waals surface area contributed by atoms with Gasteiger partial charge in [-0.15, -0.1) is 0 Å². The van der Waals surface area contributed by atoms with Crippen LogP contribution in [0, 0.1) is 0 Å². The average molecular weight is 159 g/mol. The topological polar surface area (TPSA) is 42.1 Å². The van der Waals surface area contributed by atoms with Gasteiger partial charge in [-0.25, -0.2) is 0 Å². The fraction of sp³-hybridized carbons (Fsp3) is 0. The molecular formula is C8H6BNO2. The van der Waals surface area contributed by atoms with Gasteiger partial charge in [0.2, 0.25) is 0 Å². The summed E-state index contributed by atoms with van der Waals surface area (Å²) in [5.41, 5.74) is 0.967. The van der Waals surface area contributed by atoms with E-state index < -0.39 is 0 Å². The van der Waals surface area contributed by atoms with Crippen LogP contribution in [0.5, 0.6) is 5.75 Å². The molecule has 0 amide bonds. The van der Waals surface area contributed by atoms with Crippen LogP contribution in [0.1, 0.15) is 0 Å². The predicted molar refractivity (Wildman–Crippen MR) is 45.4 cm³/mol. The maximum atomic E-state index is 10.1. The Morgan fingerprint density at radius 2 is 2.25 bits per heavy atom. The third kappa shape index (κ3) is 1.01. The number of fused-ring (bicyclic) bond motifs is 1. The summed E-state index contributed by atoms with van der Waals surface area (Å²) in [6.45, 7) is 0. The minimum atomic E-state index is 0.432. The second kappa shape index (κ2) is 2.81. The first-order valence-electron chi connectivity index (χ1n) is 3.58. The van der Waals surface area contributed by atoms with Crippen LogP contribution < -0.4 is 4.65 Å². The van der Waals surface area contributed by atoms with Gasteiger partial charge in [0.05, 0.1) is 0 Å². The van der Waals surface area contributed by atoms with E-state index in [1.165, 1.54) is 0 Å². The quantitative estimate of drug-likeness (QED) is 0.674. The second-order valence-electron chi connectivity index (χ2n) is 2.41. The summed E-state index contributed by atoms with van der Waals surface area (Å²) in [4.78, 5) is 3.02. The van der Waals surface area contributed by atoms with Crippen molar-refractivity contribution in [1.82, 2.24) is 4.98 Å². The van der Waals surface area contributed by atoms with Crippen LogP contribution in [0.4, 0.5) is 0 Å². The third-order valence-electron chi connectivity index (χ3n) is 1.73. The van der Waals surface area contributed by atoms with Crippen LogP contribution in [0.15, 0.2) is 30.5 Å². The van der Waals surface area contributed by atoms with Crippen LogP contribution >= 0.6 is 0 Å². The van der Waals surface area contributed by atoms with Crippen LogP contribution in [0.3, 0.4) is 0 Å². The molecule has 1 aromatic heterocycles. The van der Waals surface area contributed by atoms with Crippen molar-refractivity contribution >= 4 is 18.3 Å². The number of benzene rings is 1. The zero-order chi connectivity index (χ0) is 8.39. The first-order valence-corrected chi connectivity index (χ1v) is 3.58. The molecule has 1 heterocycles. The van der Waals surface area contributed by atoms with Gasteiger partial charge >= 0.3 is 68.8 Å². The molecule has 0 unspecified atom stereocenters. The Hall–Kier alpha value is -1.58. The molecule has 1 aromatic carbocycles. The molecule has 0 aliphatic carbocycles. The molecule has 1 N–H and O–H groups in total. The van der Waals surface area contributed by atoms with Crippen molar-refractivity contribution in [3.8, 4) is 5.75 Å². The summed E-state index contributed by atoms with van der Waals surface area (Å²) in [5, 5.41) is 0.921. The Balaban J connectivity index is 2.65. The number of hydrogen-bond acceptors (Lipinski definition) is 2. The second-order valence-corrected chi connectivity index (χ2v) is 2.41. The van der Waals surface area contributed by atoms with Gasteiger partial charge in [0.1, 0.15) is 0 Å². The molecular weight excluding hydrogens is 153 g/mol. The van der Waals surface area contributed by atoms with Gasteiger partial charge in [-0.3, -0.25) is 0 Å². The van der Waals surface area contributed by atoms with E-state index in [-0.39, 0.29) is 0 Å². The van der Waals surface area contributed by atoms with Gasteiger partial charge in [0.25, 0.3) is 0 Å². The van der Waals surface area contributed by atoms with E-state index in [1.54, 1.807) is 6.07 Å². The molecule has 0 saturated carbocycles. The van der Waals surface area contributed by atoms with E-state index >= 15 is 0 Å². The number of hydrogen-bond donors (Lipinski definition) is 1. The van der Waals surface area contributed by atoms with E-state index in [0.29, 0.717) is 13.1 Å². The molecule has 3 nitrogen and oxygen atoms in total. The summed E-state index contributed by atoms with van der Waals surface area (Å²) in [6, 6.07) is 7.38. The fourth-order valence-corrected chi connectivity index (χ4v) is 1.21. The van der Waals surface area contributed by atoms with E-state index in [4.69, 9.17) is 4.65 Å². The molecule has 0 aliphatic rings. The standard InChI is InChI=1S/C8H6BNO2/c11-9-12-8-3-1-2-7-6(8)4-5-10-7/h1-5,10H. The molecule has 0 bridgehead atoms. The summed E-state index contributed by atoms with van der Waals surface area (Å²) in [6.07, 6.45) is 1.81. The molecule has 12 heavy (non-hydrogen) atoms. The molecule has 0 aliphatic heterocycles. The van der Waals surface area contributed by atoms with E-state index in [2.05, 4.69) is 4.98 Å². The van der Waals surface area contributed by atoms with Crippen molar-refractivity contribution in [3.63, 3.8) is 0 Å². The molecule has 0 atom stereocenters. The van der Waals surface area contributed by atoms with E-state index in [9.17, 15) is 4.70 Å². The van der Waals surface area contributed by atoms with Crippen molar-refractivity contribution in [1.29, 1.82) is 0 Å². The van der Waals surface area contributed by atoms with Crippen LogP contribution in [-0.4, -0.2) is 12.3 Å². The molecule has 4 heteroatoms. The number of nitrogens with one attached hydrogen (secondary N) is 1. The maximum absolute atomic E-state index is 10.1. The molecule has 2 rings (SSSR count). The van der Waals surface area contributed by atoms with Crippen LogP contribution in [0.2, 0.25) is 0 Å². The van der Waals surface area contributed by atoms with Gasteiger partial charge in [-0.05, 0) is 0 Å². The Morgan fingerprint density at radius 3 is 3.08 bits per heavy atom. The van der Waals surface area contributed by atoms with Gasteiger partial charge in [-0.1, -0.05) is 0 Å². The number of aromatic nitrogens is 1. The minimum absolute atomic E-state index is 0.432. The van der Waals surface area contributed by atoms with Crippen LogP contribution in [-0.2, 0) is 4.70 Å². The fourth-order valence-electron chi connectivity index (χ4n) is 1.21.